The highest BCUT2D eigenvalue weighted by Gasteiger charge is 2.09. The second kappa shape index (κ2) is 7.77. The van der Waals surface area contributed by atoms with Crippen LogP contribution in [0.4, 0.5) is 11.4 Å². The first-order valence-electron chi connectivity index (χ1n) is 8.13. The van der Waals surface area contributed by atoms with Crippen LogP contribution in [0.3, 0.4) is 0 Å². The molecule has 23 heavy (non-hydrogen) atoms. The van der Waals surface area contributed by atoms with Gasteiger partial charge in [-0.2, -0.15) is 0 Å². The van der Waals surface area contributed by atoms with Crippen LogP contribution in [0.25, 0.3) is 0 Å². The number of hydrogen-bond donors (Lipinski definition) is 2. The Morgan fingerprint density at radius 1 is 1.09 bits per heavy atom. The molecule has 4 heteroatoms. The number of hydrogen-bond acceptors (Lipinski definition) is 3. The molecule has 0 bridgehead atoms. The van der Waals surface area contributed by atoms with Crippen LogP contribution in [-0.4, -0.2) is 16.9 Å². The molecule has 1 atom stereocenters. The molecule has 0 aliphatic heterocycles. The summed E-state index contributed by atoms with van der Waals surface area (Å²) in [4.78, 5) is 16.5. The zero-order valence-electron chi connectivity index (χ0n) is 14.3. The quantitative estimate of drug-likeness (QED) is 0.815. The van der Waals surface area contributed by atoms with Crippen molar-refractivity contribution < 1.29 is 4.79 Å². The van der Waals surface area contributed by atoms with E-state index in [-0.39, 0.29) is 5.91 Å². The molecular weight excluding hydrogens is 286 g/mol. The van der Waals surface area contributed by atoms with Gasteiger partial charge in [0.1, 0.15) is 5.69 Å². The number of carbonyl (C=O) groups is 1. The molecule has 0 spiro atoms. The first-order valence-corrected chi connectivity index (χ1v) is 8.13. The Morgan fingerprint density at radius 2 is 1.78 bits per heavy atom. The van der Waals surface area contributed by atoms with Crippen molar-refractivity contribution in [2.75, 3.05) is 10.6 Å². The summed E-state index contributed by atoms with van der Waals surface area (Å²) in [7, 11) is 0. The van der Waals surface area contributed by atoms with E-state index in [9.17, 15) is 4.79 Å². The van der Waals surface area contributed by atoms with Gasteiger partial charge in [-0.3, -0.25) is 9.78 Å². The van der Waals surface area contributed by atoms with Crippen molar-refractivity contribution in [2.45, 2.75) is 46.1 Å². The maximum absolute atomic E-state index is 12.3. The Morgan fingerprint density at radius 3 is 2.39 bits per heavy atom. The van der Waals surface area contributed by atoms with Gasteiger partial charge >= 0.3 is 0 Å². The van der Waals surface area contributed by atoms with Crippen LogP contribution in [0.1, 0.15) is 56.1 Å². The third kappa shape index (κ3) is 4.81. The largest absolute Gasteiger partial charge is 0.382 e. The van der Waals surface area contributed by atoms with E-state index in [1.807, 2.05) is 30.3 Å². The molecule has 1 heterocycles. The van der Waals surface area contributed by atoms with Gasteiger partial charge in [0.15, 0.2) is 0 Å². The van der Waals surface area contributed by atoms with Crippen molar-refractivity contribution in [3.8, 4) is 0 Å². The lowest BCUT2D eigenvalue weighted by molar-refractivity contribution is 0.102. The number of nitrogens with one attached hydrogen (secondary N) is 2. The number of anilines is 2. The van der Waals surface area contributed by atoms with Crippen molar-refractivity contribution in [1.29, 1.82) is 0 Å². The van der Waals surface area contributed by atoms with Gasteiger partial charge in [-0.05, 0) is 49.1 Å². The van der Waals surface area contributed by atoms with Crippen LogP contribution in [-0.2, 0) is 0 Å². The highest BCUT2D eigenvalue weighted by molar-refractivity contribution is 6.03. The van der Waals surface area contributed by atoms with Gasteiger partial charge in [0.25, 0.3) is 5.91 Å². The summed E-state index contributed by atoms with van der Waals surface area (Å²) in [6.07, 6.45) is 2.67. The van der Waals surface area contributed by atoms with Gasteiger partial charge in [0.05, 0.1) is 0 Å². The summed E-state index contributed by atoms with van der Waals surface area (Å²) in [6.45, 7) is 8.52. The molecule has 0 fully saturated rings. The number of nitrogens with zero attached hydrogens (tertiary/aromatic N) is 1. The highest BCUT2D eigenvalue weighted by atomic mass is 16.1. The van der Waals surface area contributed by atoms with E-state index in [4.69, 9.17) is 0 Å². The van der Waals surface area contributed by atoms with Crippen LogP contribution < -0.4 is 10.6 Å². The van der Waals surface area contributed by atoms with E-state index in [1.54, 1.807) is 12.3 Å². The smallest absolute Gasteiger partial charge is 0.274 e. The zero-order valence-corrected chi connectivity index (χ0v) is 14.3. The molecule has 0 radical (unpaired) electrons. The number of amides is 1. The SMILES string of the molecule is CCC(C)Nc1ccnc(C(=O)Nc2ccc(C(C)C)cc2)c1. The van der Waals surface area contributed by atoms with Crippen LogP contribution in [0.2, 0.25) is 0 Å². The molecule has 1 unspecified atom stereocenters. The minimum Gasteiger partial charge on any atom is -0.382 e. The van der Waals surface area contributed by atoms with Crippen molar-refractivity contribution in [1.82, 2.24) is 4.98 Å². The first kappa shape index (κ1) is 17.0. The van der Waals surface area contributed by atoms with Crippen LogP contribution in [0.5, 0.6) is 0 Å². The third-order valence-corrected chi connectivity index (χ3v) is 3.85. The number of pyridine rings is 1. The molecule has 0 aliphatic carbocycles. The Balaban J connectivity index is 2.06. The minimum absolute atomic E-state index is 0.199. The topological polar surface area (TPSA) is 54.0 Å². The fraction of sp³-hybridized carbons (Fsp3) is 0.368. The summed E-state index contributed by atoms with van der Waals surface area (Å²) in [5, 5.41) is 6.24. The van der Waals surface area contributed by atoms with Gasteiger partial charge < -0.3 is 10.6 Å². The predicted molar refractivity (Wildman–Crippen MR) is 96.1 cm³/mol. The minimum atomic E-state index is -0.199. The number of rotatable bonds is 6. The molecule has 1 amide bonds. The molecule has 2 aromatic rings. The molecule has 122 valence electrons. The summed E-state index contributed by atoms with van der Waals surface area (Å²) >= 11 is 0. The van der Waals surface area contributed by atoms with Crippen molar-refractivity contribution in [3.63, 3.8) is 0 Å². The van der Waals surface area contributed by atoms with Gasteiger partial charge in [-0.25, -0.2) is 0 Å². The maximum Gasteiger partial charge on any atom is 0.274 e. The number of aromatic nitrogens is 1. The second-order valence-electron chi connectivity index (χ2n) is 6.11. The van der Waals surface area contributed by atoms with Crippen molar-refractivity contribution in [2.24, 2.45) is 0 Å². The Bertz CT molecular complexity index is 650. The van der Waals surface area contributed by atoms with Crippen LogP contribution in [0.15, 0.2) is 42.6 Å². The normalized spacial score (nSPS) is 12.0. The molecule has 1 aromatic carbocycles. The lowest BCUT2D eigenvalue weighted by Gasteiger charge is -2.13. The molecule has 2 N–H and O–H groups in total. The van der Waals surface area contributed by atoms with E-state index in [1.165, 1.54) is 5.56 Å². The Hall–Kier alpha value is -2.36. The molecule has 0 saturated heterocycles. The number of benzene rings is 1. The first-order chi connectivity index (χ1) is 11.0. The van der Waals surface area contributed by atoms with Crippen LogP contribution in [0, 0.1) is 0 Å². The zero-order chi connectivity index (χ0) is 16.8. The summed E-state index contributed by atoms with van der Waals surface area (Å²) in [5.41, 5.74) is 3.35. The molecule has 0 saturated carbocycles. The van der Waals surface area contributed by atoms with E-state index in [2.05, 4.69) is 43.3 Å². The average molecular weight is 311 g/mol. The van der Waals surface area contributed by atoms with Crippen LogP contribution >= 0.6 is 0 Å². The molecule has 4 nitrogen and oxygen atoms in total. The fourth-order valence-electron chi connectivity index (χ4n) is 2.18. The summed E-state index contributed by atoms with van der Waals surface area (Å²) in [5.74, 6) is 0.278. The van der Waals surface area contributed by atoms with Gasteiger partial charge in [-0.1, -0.05) is 32.9 Å². The number of carbonyl (C=O) groups excluding carboxylic acids is 1. The van der Waals surface area contributed by atoms with Gasteiger partial charge in [0, 0.05) is 23.6 Å². The third-order valence-electron chi connectivity index (χ3n) is 3.85. The molecule has 0 aliphatic rings. The second-order valence-corrected chi connectivity index (χ2v) is 6.11. The highest BCUT2D eigenvalue weighted by Crippen LogP contribution is 2.18. The van der Waals surface area contributed by atoms with Gasteiger partial charge in [-0.15, -0.1) is 0 Å². The van der Waals surface area contributed by atoms with Crippen molar-refractivity contribution >= 4 is 17.3 Å². The van der Waals surface area contributed by atoms with E-state index < -0.39 is 0 Å². The van der Waals surface area contributed by atoms with E-state index in [0.717, 1.165) is 17.8 Å². The summed E-state index contributed by atoms with van der Waals surface area (Å²) in [6, 6.07) is 11.9. The summed E-state index contributed by atoms with van der Waals surface area (Å²) < 4.78 is 0. The van der Waals surface area contributed by atoms with Gasteiger partial charge in [0.2, 0.25) is 0 Å². The molecule has 1 aromatic heterocycles. The monoisotopic (exact) mass is 311 g/mol. The van der Waals surface area contributed by atoms with E-state index in [0.29, 0.717) is 17.7 Å². The molecular formula is C19H25N3O. The van der Waals surface area contributed by atoms with Crippen molar-refractivity contribution in [3.05, 3.63) is 53.9 Å². The predicted octanol–water partition coefficient (Wildman–Crippen LogP) is 4.67. The standard InChI is InChI=1S/C19H25N3O/c1-5-14(4)21-17-10-11-20-18(12-17)19(23)22-16-8-6-15(7-9-16)13(2)3/h6-14H,5H2,1-4H3,(H,20,21)(H,22,23). The lowest BCUT2D eigenvalue weighted by Crippen LogP contribution is -2.16. The van der Waals surface area contributed by atoms with E-state index >= 15 is 0 Å². The maximum atomic E-state index is 12.3. The Kier molecular flexibility index (Phi) is 5.74. The Labute approximate surface area is 138 Å². The lowest BCUT2D eigenvalue weighted by atomic mass is 10.0. The fourth-order valence-corrected chi connectivity index (χ4v) is 2.18. The molecule has 2 rings (SSSR count). The average Bonchev–Trinajstić information content (AvgIpc) is 2.55.